The van der Waals surface area contributed by atoms with E-state index in [0.29, 0.717) is 12.6 Å². The fraction of sp³-hybridized carbons (Fsp3) is 0.526. The molecule has 0 bridgehead atoms. The van der Waals surface area contributed by atoms with Crippen molar-refractivity contribution < 1.29 is 9.53 Å². The van der Waals surface area contributed by atoms with Crippen LogP contribution >= 0.6 is 0 Å². The molecule has 0 aliphatic carbocycles. The van der Waals surface area contributed by atoms with Gasteiger partial charge in [0.2, 0.25) is 0 Å². The molecule has 26 heavy (non-hydrogen) atoms. The van der Waals surface area contributed by atoms with E-state index in [-0.39, 0.29) is 6.03 Å². The van der Waals surface area contributed by atoms with Crippen molar-refractivity contribution in [1.82, 2.24) is 19.7 Å². The van der Waals surface area contributed by atoms with Crippen LogP contribution in [0.2, 0.25) is 0 Å². The van der Waals surface area contributed by atoms with E-state index in [1.165, 1.54) is 0 Å². The molecule has 7 nitrogen and oxygen atoms in total. The van der Waals surface area contributed by atoms with Gasteiger partial charge in [0.1, 0.15) is 6.33 Å². The normalized spacial score (nSPS) is 16.7. The Morgan fingerprint density at radius 1 is 1.46 bits per heavy atom. The standard InChI is InChI=1S/C19H27N5O2/c1-14-16(18-22-20-13-24(18)3)9-4-10-17(14)21-19(25)23(2)11-5-7-15-8-6-12-26-15/h4,9-10,13,15H,5-8,11-12H2,1-3H3,(H,21,25). The highest BCUT2D eigenvalue weighted by Gasteiger charge is 2.17. The van der Waals surface area contributed by atoms with Crippen LogP contribution in [-0.4, -0.2) is 52.0 Å². The molecule has 1 aliphatic heterocycles. The highest BCUT2D eigenvalue weighted by molar-refractivity contribution is 5.91. The van der Waals surface area contributed by atoms with Crippen LogP contribution in [0.1, 0.15) is 31.2 Å². The van der Waals surface area contributed by atoms with Crippen molar-refractivity contribution in [2.75, 3.05) is 25.5 Å². The van der Waals surface area contributed by atoms with E-state index in [4.69, 9.17) is 4.74 Å². The maximum atomic E-state index is 12.5. The number of aromatic nitrogens is 3. The molecule has 2 amide bonds. The van der Waals surface area contributed by atoms with Crippen LogP contribution in [0.15, 0.2) is 24.5 Å². The predicted octanol–water partition coefficient (Wildman–Crippen LogP) is 3.21. The van der Waals surface area contributed by atoms with E-state index in [2.05, 4.69) is 15.5 Å². The van der Waals surface area contributed by atoms with Crippen LogP contribution in [-0.2, 0) is 11.8 Å². The molecule has 0 radical (unpaired) electrons. The fourth-order valence-corrected chi connectivity index (χ4v) is 3.28. The van der Waals surface area contributed by atoms with Crippen LogP contribution in [0.25, 0.3) is 11.4 Å². The minimum Gasteiger partial charge on any atom is -0.378 e. The molecular weight excluding hydrogens is 330 g/mol. The van der Waals surface area contributed by atoms with Crippen LogP contribution in [0.5, 0.6) is 0 Å². The van der Waals surface area contributed by atoms with Gasteiger partial charge in [-0.05, 0) is 44.2 Å². The third-order valence-corrected chi connectivity index (χ3v) is 4.92. The number of aryl methyl sites for hydroxylation is 1. The summed E-state index contributed by atoms with van der Waals surface area (Å²) in [6, 6.07) is 5.72. The van der Waals surface area contributed by atoms with E-state index in [0.717, 1.165) is 54.9 Å². The Morgan fingerprint density at radius 3 is 3.00 bits per heavy atom. The van der Waals surface area contributed by atoms with Gasteiger partial charge < -0.3 is 19.5 Å². The number of benzene rings is 1. The lowest BCUT2D eigenvalue weighted by Gasteiger charge is -2.20. The maximum Gasteiger partial charge on any atom is 0.321 e. The lowest BCUT2D eigenvalue weighted by atomic mass is 10.1. The molecule has 2 aromatic rings. The fourth-order valence-electron chi connectivity index (χ4n) is 3.28. The van der Waals surface area contributed by atoms with Crippen LogP contribution in [0, 0.1) is 6.92 Å². The monoisotopic (exact) mass is 357 g/mol. The first-order valence-electron chi connectivity index (χ1n) is 9.14. The molecule has 1 aromatic heterocycles. The molecule has 3 rings (SSSR count). The first-order valence-corrected chi connectivity index (χ1v) is 9.14. The number of carbonyl (C=O) groups is 1. The number of hydrogen-bond donors (Lipinski definition) is 1. The molecule has 2 heterocycles. The molecule has 1 unspecified atom stereocenters. The molecule has 1 N–H and O–H groups in total. The second-order valence-electron chi connectivity index (χ2n) is 6.87. The second kappa shape index (κ2) is 8.31. The van der Waals surface area contributed by atoms with Gasteiger partial charge in [-0.25, -0.2) is 4.79 Å². The van der Waals surface area contributed by atoms with E-state index >= 15 is 0 Å². The van der Waals surface area contributed by atoms with Crippen molar-refractivity contribution in [2.45, 2.75) is 38.7 Å². The zero-order valence-electron chi connectivity index (χ0n) is 15.7. The van der Waals surface area contributed by atoms with Gasteiger partial charge in [0.25, 0.3) is 0 Å². The van der Waals surface area contributed by atoms with Gasteiger partial charge in [-0.3, -0.25) is 0 Å². The lowest BCUT2D eigenvalue weighted by Crippen LogP contribution is -2.32. The summed E-state index contributed by atoms with van der Waals surface area (Å²) in [4.78, 5) is 14.2. The first kappa shape index (κ1) is 18.4. The highest BCUT2D eigenvalue weighted by Crippen LogP contribution is 2.27. The van der Waals surface area contributed by atoms with E-state index in [1.807, 2.05) is 43.8 Å². The Labute approximate surface area is 154 Å². The highest BCUT2D eigenvalue weighted by atomic mass is 16.5. The molecule has 1 aliphatic rings. The molecule has 1 fully saturated rings. The molecule has 140 valence electrons. The van der Waals surface area contributed by atoms with Crippen LogP contribution < -0.4 is 5.32 Å². The van der Waals surface area contributed by atoms with Crippen molar-refractivity contribution in [3.8, 4) is 11.4 Å². The SMILES string of the molecule is Cc1c(NC(=O)N(C)CCCC2CCCO2)cccc1-c1nncn1C. The summed E-state index contributed by atoms with van der Waals surface area (Å²) in [7, 11) is 3.73. The molecular formula is C19H27N5O2. The Morgan fingerprint density at radius 2 is 2.31 bits per heavy atom. The zero-order chi connectivity index (χ0) is 18.5. The minimum absolute atomic E-state index is 0.101. The largest absolute Gasteiger partial charge is 0.378 e. The number of hydrogen-bond acceptors (Lipinski definition) is 4. The molecule has 0 saturated carbocycles. The van der Waals surface area contributed by atoms with E-state index < -0.39 is 0 Å². The summed E-state index contributed by atoms with van der Waals surface area (Å²) >= 11 is 0. The van der Waals surface area contributed by atoms with Gasteiger partial charge in [0, 0.05) is 38.5 Å². The third-order valence-electron chi connectivity index (χ3n) is 4.92. The van der Waals surface area contributed by atoms with Crippen molar-refractivity contribution in [3.05, 3.63) is 30.1 Å². The first-order chi connectivity index (χ1) is 12.6. The predicted molar refractivity (Wildman–Crippen MR) is 101 cm³/mol. The molecule has 1 aromatic carbocycles. The summed E-state index contributed by atoms with van der Waals surface area (Å²) in [5.74, 6) is 0.781. The van der Waals surface area contributed by atoms with E-state index in [1.54, 1.807) is 11.2 Å². The Kier molecular flexibility index (Phi) is 5.88. The summed E-state index contributed by atoms with van der Waals surface area (Å²) in [5.41, 5.74) is 2.73. The summed E-state index contributed by atoms with van der Waals surface area (Å²) in [5, 5.41) is 11.1. The van der Waals surface area contributed by atoms with Gasteiger partial charge in [-0.15, -0.1) is 10.2 Å². The number of ether oxygens (including phenoxy) is 1. The Balaban J connectivity index is 1.59. The minimum atomic E-state index is -0.101. The third kappa shape index (κ3) is 4.22. The molecule has 7 heteroatoms. The zero-order valence-corrected chi connectivity index (χ0v) is 15.7. The average Bonchev–Trinajstić information content (AvgIpc) is 3.28. The van der Waals surface area contributed by atoms with Gasteiger partial charge in [0.15, 0.2) is 5.82 Å². The maximum absolute atomic E-state index is 12.5. The number of carbonyl (C=O) groups excluding carboxylic acids is 1. The Bertz CT molecular complexity index is 752. The number of urea groups is 1. The molecule has 1 saturated heterocycles. The number of amides is 2. The topological polar surface area (TPSA) is 72.3 Å². The van der Waals surface area contributed by atoms with Gasteiger partial charge in [-0.2, -0.15) is 0 Å². The van der Waals surface area contributed by atoms with Gasteiger partial charge in [0.05, 0.1) is 6.10 Å². The number of nitrogens with one attached hydrogen (secondary N) is 1. The summed E-state index contributed by atoms with van der Waals surface area (Å²) in [6.45, 7) is 3.58. The lowest BCUT2D eigenvalue weighted by molar-refractivity contribution is 0.101. The van der Waals surface area contributed by atoms with Crippen LogP contribution in [0.4, 0.5) is 10.5 Å². The van der Waals surface area contributed by atoms with Crippen molar-refractivity contribution in [1.29, 1.82) is 0 Å². The summed E-state index contributed by atoms with van der Waals surface area (Å²) in [6.07, 6.45) is 6.30. The average molecular weight is 357 g/mol. The summed E-state index contributed by atoms with van der Waals surface area (Å²) < 4.78 is 7.50. The second-order valence-corrected chi connectivity index (χ2v) is 6.87. The Hall–Kier alpha value is -2.41. The molecule has 1 atom stereocenters. The van der Waals surface area contributed by atoms with Gasteiger partial charge >= 0.3 is 6.03 Å². The number of rotatable bonds is 6. The van der Waals surface area contributed by atoms with Gasteiger partial charge in [-0.1, -0.05) is 12.1 Å². The van der Waals surface area contributed by atoms with Crippen molar-refractivity contribution in [3.63, 3.8) is 0 Å². The number of nitrogens with zero attached hydrogens (tertiary/aromatic N) is 4. The van der Waals surface area contributed by atoms with Crippen LogP contribution in [0.3, 0.4) is 0 Å². The van der Waals surface area contributed by atoms with Crippen molar-refractivity contribution in [2.24, 2.45) is 7.05 Å². The number of anilines is 1. The van der Waals surface area contributed by atoms with Crippen molar-refractivity contribution >= 4 is 11.7 Å². The van der Waals surface area contributed by atoms with E-state index in [9.17, 15) is 4.79 Å². The molecule has 0 spiro atoms. The quantitative estimate of drug-likeness (QED) is 0.862. The smallest absolute Gasteiger partial charge is 0.321 e.